The van der Waals surface area contributed by atoms with E-state index in [0.29, 0.717) is 34.6 Å². The number of methoxy groups -OCH3 is 1. The summed E-state index contributed by atoms with van der Waals surface area (Å²) in [5, 5.41) is 2.74. The van der Waals surface area contributed by atoms with Gasteiger partial charge in [0.2, 0.25) is 5.91 Å². The minimum Gasteiger partial charge on any atom is -0.497 e. The number of ether oxygens (including phenoxy) is 1. The van der Waals surface area contributed by atoms with Crippen LogP contribution >= 0.6 is 15.9 Å². The van der Waals surface area contributed by atoms with Crippen LogP contribution in [0.2, 0.25) is 0 Å². The van der Waals surface area contributed by atoms with E-state index < -0.39 is 10.0 Å². The van der Waals surface area contributed by atoms with Crippen molar-refractivity contribution < 1.29 is 17.9 Å². The van der Waals surface area contributed by atoms with Gasteiger partial charge in [0.15, 0.2) is 0 Å². The number of hydrogen-bond acceptors (Lipinski definition) is 4. The lowest BCUT2D eigenvalue weighted by molar-refractivity contribution is -0.114. The number of halogens is 1. The van der Waals surface area contributed by atoms with E-state index >= 15 is 0 Å². The Morgan fingerprint density at radius 3 is 2.69 bits per heavy atom. The zero-order chi connectivity index (χ0) is 18.9. The van der Waals surface area contributed by atoms with Crippen molar-refractivity contribution in [3.63, 3.8) is 0 Å². The van der Waals surface area contributed by atoms with E-state index in [9.17, 15) is 13.2 Å². The minimum atomic E-state index is -3.81. The molecule has 3 rings (SSSR count). The molecule has 1 N–H and O–H groups in total. The Balaban J connectivity index is 2.13. The summed E-state index contributed by atoms with van der Waals surface area (Å²) in [7, 11) is -2.29. The fourth-order valence-electron chi connectivity index (χ4n) is 3.08. The summed E-state index contributed by atoms with van der Waals surface area (Å²) >= 11 is 3.33. The maximum absolute atomic E-state index is 13.4. The third-order valence-corrected chi connectivity index (χ3v) is 6.97. The molecule has 1 heterocycles. The van der Waals surface area contributed by atoms with Crippen molar-refractivity contribution in [2.24, 2.45) is 0 Å². The lowest BCUT2D eigenvalue weighted by Gasteiger charge is -2.32. The molecular weight excluding hydrogens is 420 g/mol. The molecule has 1 aliphatic rings. The van der Waals surface area contributed by atoms with Crippen molar-refractivity contribution in [1.29, 1.82) is 0 Å². The Bertz CT molecular complexity index is 960. The van der Waals surface area contributed by atoms with E-state index in [0.717, 1.165) is 12.0 Å². The van der Waals surface area contributed by atoms with Gasteiger partial charge in [-0.05, 0) is 58.6 Å². The van der Waals surface area contributed by atoms with Crippen LogP contribution in [0.5, 0.6) is 5.75 Å². The zero-order valence-electron chi connectivity index (χ0n) is 14.5. The number of aryl methyl sites for hydroxylation is 1. The molecule has 0 unspecified atom stereocenters. The second kappa shape index (κ2) is 7.28. The summed E-state index contributed by atoms with van der Waals surface area (Å²) < 4.78 is 33.7. The maximum Gasteiger partial charge on any atom is 0.265 e. The van der Waals surface area contributed by atoms with Gasteiger partial charge in [-0.2, -0.15) is 0 Å². The number of rotatable bonds is 4. The van der Waals surface area contributed by atoms with Crippen LogP contribution in [0.1, 0.15) is 18.9 Å². The van der Waals surface area contributed by atoms with Crippen LogP contribution in [-0.4, -0.2) is 28.0 Å². The second-order valence-corrected chi connectivity index (χ2v) is 8.66. The number of hydrogen-bond donors (Lipinski definition) is 1. The van der Waals surface area contributed by atoms with Gasteiger partial charge in [0.05, 0.1) is 18.5 Å². The summed E-state index contributed by atoms with van der Waals surface area (Å²) in [6, 6.07) is 10.2. The molecule has 1 aliphatic heterocycles. The average Bonchev–Trinajstić information content (AvgIpc) is 2.60. The largest absolute Gasteiger partial charge is 0.497 e. The molecule has 0 spiro atoms. The Morgan fingerprint density at radius 2 is 2.04 bits per heavy atom. The normalized spacial score (nSPS) is 13.9. The molecule has 0 aliphatic carbocycles. The van der Waals surface area contributed by atoms with Crippen LogP contribution in [0.4, 0.5) is 11.4 Å². The molecule has 0 aromatic heterocycles. The number of fused-ring (bicyclic) bond motifs is 1. The first-order valence-electron chi connectivity index (χ1n) is 8.10. The predicted molar refractivity (Wildman–Crippen MR) is 104 cm³/mol. The third-order valence-electron chi connectivity index (χ3n) is 4.19. The van der Waals surface area contributed by atoms with Gasteiger partial charge in [0.25, 0.3) is 10.0 Å². The highest BCUT2D eigenvalue weighted by molar-refractivity contribution is 9.10. The van der Waals surface area contributed by atoms with Crippen LogP contribution < -0.4 is 14.4 Å². The first-order valence-corrected chi connectivity index (χ1v) is 10.3. The predicted octanol–water partition coefficient (Wildman–Crippen LogP) is 3.56. The molecule has 6 nitrogen and oxygen atoms in total. The van der Waals surface area contributed by atoms with Gasteiger partial charge in [-0.1, -0.05) is 12.1 Å². The van der Waals surface area contributed by atoms with E-state index in [-0.39, 0.29) is 10.8 Å². The topological polar surface area (TPSA) is 75.7 Å². The van der Waals surface area contributed by atoms with Crippen LogP contribution in [0.25, 0.3) is 0 Å². The molecule has 138 valence electrons. The summed E-state index contributed by atoms with van der Waals surface area (Å²) in [4.78, 5) is 11.7. The number of carbonyl (C=O) groups is 1. The minimum absolute atomic E-state index is 0.156. The summed E-state index contributed by atoms with van der Waals surface area (Å²) in [5.41, 5.74) is 1.94. The van der Waals surface area contributed by atoms with Gasteiger partial charge in [-0.25, -0.2) is 8.42 Å². The van der Waals surface area contributed by atoms with Gasteiger partial charge in [-0.3, -0.25) is 9.10 Å². The molecule has 0 atom stereocenters. The first kappa shape index (κ1) is 18.7. The SMILES string of the molecule is COc1ccc(S(=O)(=O)N2CCCc3cccc(NC(C)=O)c32)c(Br)c1. The summed E-state index contributed by atoms with van der Waals surface area (Å²) in [6.07, 6.45) is 1.47. The Kier molecular flexibility index (Phi) is 5.24. The maximum atomic E-state index is 13.4. The van der Waals surface area contributed by atoms with Crippen molar-refractivity contribution in [1.82, 2.24) is 0 Å². The number of carbonyl (C=O) groups excluding carboxylic acids is 1. The third kappa shape index (κ3) is 3.43. The standard InChI is InChI=1S/C18H19BrN2O4S/c1-12(22)20-16-7-3-5-13-6-4-10-21(18(13)16)26(23,24)17-9-8-14(25-2)11-15(17)19/h3,5,7-9,11H,4,6,10H2,1-2H3,(H,20,22). The number of anilines is 2. The number of nitrogens with zero attached hydrogens (tertiary/aromatic N) is 1. The van der Waals surface area contributed by atoms with E-state index in [1.807, 2.05) is 12.1 Å². The molecule has 8 heteroatoms. The van der Waals surface area contributed by atoms with Crippen LogP contribution in [0, 0.1) is 0 Å². The van der Waals surface area contributed by atoms with Crippen LogP contribution in [0.15, 0.2) is 45.8 Å². The van der Waals surface area contributed by atoms with Crippen molar-refractivity contribution in [3.05, 3.63) is 46.4 Å². The second-order valence-electron chi connectivity index (χ2n) is 5.97. The lowest BCUT2D eigenvalue weighted by Crippen LogP contribution is -2.36. The average molecular weight is 439 g/mol. The van der Waals surface area contributed by atoms with Gasteiger partial charge in [0, 0.05) is 17.9 Å². The fourth-order valence-corrected chi connectivity index (χ4v) is 5.66. The highest BCUT2D eigenvalue weighted by Crippen LogP contribution is 2.39. The van der Waals surface area contributed by atoms with Crippen LogP contribution in [0.3, 0.4) is 0 Å². The molecule has 26 heavy (non-hydrogen) atoms. The molecule has 0 saturated heterocycles. The van der Waals surface area contributed by atoms with Gasteiger partial charge in [0.1, 0.15) is 10.6 Å². The highest BCUT2D eigenvalue weighted by atomic mass is 79.9. The number of sulfonamides is 1. The van der Waals surface area contributed by atoms with E-state index in [1.165, 1.54) is 24.4 Å². The van der Waals surface area contributed by atoms with E-state index in [1.54, 1.807) is 18.2 Å². The van der Waals surface area contributed by atoms with Crippen molar-refractivity contribution in [2.45, 2.75) is 24.7 Å². The Hall–Kier alpha value is -2.06. The zero-order valence-corrected chi connectivity index (χ0v) is 16.9. The van der Waals surface area contributed by atoms with Crippen molar-refractivity contribution >= 4 is 43.2 Å². The quantitative estimate of drug-likeness (QED) is 0.791. The summed E-state index contributed by atoms with van der Waals surface area (Å²) in [5.74, 6) is 0.320. The lowest BCUT2D eigenvalue weighted by atomic mass is 10.0. The molecule has 2 aromatic carbocycles. The smallest absolute Gasteiger partial charge is 0.265 e. The van der Waals surface area contributed by atoms with Crippen molar-refractivity contribution in [2.75, 3.05) is 23.3 Å². The molecule has 2 aromatic rings. The Morgan fingerprint density at radius 1 is 1.27 bits per heavy atom. The molecule has 1 amide bonds. The first-order chi connectivity index (χ1) is 12.3. The van der Waals surface area contributed by atoms with Crippen LogP contribution in [-0.2, 0) is 21.2 Å². The number of nitrogens with one attached hydrogen (secondary N) is 1. The van der Waals surface area contributed by atoms with E-state index in [2.05, 4.69) is 21.2 Å². The number of benzene rings is 2. The summed E-state index contributed by atoms with van der Waals surface area (Å²) in [6.45, 7) is 1.76. The highest BCUT2D eigenvalue weighted by Gasteiger charge is 2.32. The number of para-hydroxylation sites is 1. The van der Waals surface area contributed by atoms with Gasteiger partial charge >= 0.3 is 0 Å². The van der Waals surface area contributed by atoms with Gasteiger partial charge < -0.3 is 10.1 Å². The molecule has 0 radical (unpaired) electrons. The molecular formula is C18H19BrN2O4S. The monoisotopic (exact) mass is 438 g/mol. The molecule has 0 saturated carbocycles. The van der Waals surface area contributed by atoms with Gasteiger partial charge in [-0.15, -0.1) is 0 Å². The van der Waals surface area contributed by atoms with Crippen molar-refractivity contribution in [3.8, 4) is 5.75 Å². The van der Waals surface area contributed by atoms with E-state index in [4.69, 9.17) is 4.74 Å². The molecule has 0 bridgehead atoms. The molecule has 0 fully saturated rings. The Labute approximate surface area is 161 Å². The number of amides is 1. The fraction of sp³-hybridized carbons (Fsp3) is 0.278.